The molecule has 2 rings (SSSR count). The van der Waals surface area contributed by atoms with Crippen LogP contribution in [0.1, 0.15) is 24.2 Å². The van der Waals surface area contributed by atoms with E-state index in [0.29, 0.717) is 0 Å². The van der Waals surface area contributed by atoms with E-state index in [2.05, 4.69) is 32.4 Å². The number of hydrogen-bond donors (Lipinski definition) is 2. The average Bonchev–Trinajstić information content (AvgIpc) is 2.80. The van der Waals surface area contributed by atoms with E-state index in [1.807, 2.05) is 6.20 Å². The number of aromatic amines is 1. The molecule has 5 heteroatoms. The maximum absolute atomic E-state index is 4.23. The number of nitrogens with zero attached hydrogens (tertiary/aromatic N) is 3. The molecule has 0 spiro atoms. The topological polar surface area (TPSA) is 66.5 Å². The molecule has 0 aliphatic heterocycles. The van der Waals surface area contributed by atoms with Crippen molar-refractivity contribution in [3.63, 3.8) is 0 Å². The highest BCUT2D eigenvalue weighted by molar-refractivity contribution is 5.05. The Morgan fingerprint density at radius 1 is 1.40 bits per heavy atom. The molecule has 0 aliphatic carbocycles. The summed E-state index contributed by atoms with van der Waals surface area (Å²) in [5.74, 6) is 0. The van der Waals surface area contributed by atoms with Gasteiger partial charge >= 0.3 is 0 Å². The summed E-state index contributed by atoms with van der Waals surface area (Å²) in [6, 6.07) is 0.189. The molecule has 2 aromatic rings. The quantitative estimate of drug-likeness (QED) is 0.779. The standard InChI is InChI=1S/C10H13N5/c1-8(10-7-11-2-3-12-10)13-4-9-5-14-15-6-9/h2-3,5-8,13H,4H2,1H3,(H,14,15). The fraction of sp³-hybridized carbons (Fsp3) is 0.300. The zero-order chi connectivity index (χ0) is 10.5. The van der Waals surface area contributed by atoms with E-state index in [1.165, 1.54) is 0 Å². The van der Waals surface area contributed by atoms with Gasteiger partial charge in [-0.05, 0) is 6.92 Å². The maximum atomic E-state index is 4.23. The van der Waals surface area contributed by atoms with Crippen molar-refractivity contribution in [2.45, 2.75) is 19.5 Å². The first-order chi connectivity index (χ1) is 7.36. The predicted octanol–water partition coefficient (Wildman–Crippen LogP) is 1.05. The summed E-state index contributed by atoms with van der Waals surface area (Å²) in [4.78, 5) is 8.26. The molecule has 0 aliphatic rings. The van der Waals surface area contributed by atoms with Crippen LogP contribution in [0.3, 0.4) is 0 Å². The molecule has 0 saturated carbocycles. The first-order valence-corrected chi connectivity index (χ1v) is 4.83. The molecular formula is C10H13N5. The third kappa shape index (κ3) is 2.60. The van der Waals surface area contributed by atoms with Gasteiger partial charge in [-0.1, -0.05) is 0 Å². The fourth-order valence-corrected chi connectivity index (χ4v) is 1.28. The Morgan fingerprint density at radius 2 is 2.33 bits per heavy atom. The van der Waals surface area contributed by atoms with Crippen molar-refractivity contribution < 1.29 is 0 Å². The van der Waals surface area contributed by atoms with E-state index < -0.39 is 0 Å². The van der Waals surface area contributed by atoms with E-state index in [9.17, 15) is 0 Å². The first-order valence-electron chi connectivity index (χ1n) is 4.83. The molecule has 0 saturated heterocycles. The van der Waals surface area contributed by atoms with Gasteiger partial charge in [-0.3, -0.25) is 15.1 Å². The Labute approximate surface area is 88.0 Å². The summed E-state index contributed by atoms with van der Waals surface area (Å²) in [6.07, 6.45) is 8.82. The highest BCUT2D eigenvalue weighted by atomic mass is 15.1. The van der Waals surface area contributed by atoms with Gasteiger partial charge in [0.1, 0.15) is 0 Å². The van der Waals surface area contributed by atoms with Gasteiger partial charge in [0.15, 0.2) is 0 Å². The molecule has 1 unspecified atom stereocenters. The highest BCUT2D eigenvalue weighted by Crippen LogP contribution is 2.07. The second kappa shape index (κ2) is 4.65. The number of nitrogens with one attached hydrogen (secondary N) is 2. The second-order valence-corrected chi connectivity index (χ2v) is 3.34. The van der Waals surface area contributed by atoms with E-state index in [4.69, 9.17) is 0 Å². The largest absolute Gasteiger partial charge is 0.305 e. The van der Waals surface area contributed by atoms with Gasteiger partial charge in [0.25, 0.3) is 0 Å². The van der Waals surface area contributed by atoms with E-state index in [-0.39, 0.29) is 6.04 Å². The van der Waals surface area contributed by atoms with Crippen molar-refractivity contribution in [1.29, 1.82) is 0 Å². The van der Waals surface area contributed by atoms with Crippen LogP contribution in [0.2, 0.25) is 0 Å². The van der Waals surface area contributed by atoms with Crippen LogP contribution in [0.5, 0.6) is 0 Å². The van der Waals surface area contributed by atoms with Gasteiger partial charge in [0.2, 0.25) is 0 Å². The van der Waals surface area contributed by atoms with Crippen molar-refractivity contribution in [3.05, 3.63) is 42.2 Å². The van der Waals surface area contributed by atoms with E-state index in [0.717, 1.165) is 17.8 Å². The zero-order valence-corrected chi connectivity index (χ0v) is 8.51. The Hall–Kier alpha value is -1.75. The molecule has 15 heavy (non-hydrogen) atoms. The molecule has 2 heterocycles. The van der Waals surface area contributed by atoms with Crippen LogP contribution >= 0.6 is 0 Å². The SMILES string of the molecule is CC(NCc1cn[nH]c1)c1cnccn1. The van der Waals surface area contributed by atoms with Crippen LogP contribution in [0.15, 0.2) is 31.0 Å². The van der Waals surface area contributed by atoms with Gasteiger partial charge < -0.3 is 5.32 Å². The van der Waals surface area contributed by atoms with Crippen LogP contribution in [-0.2, 0) is 6.54 Å². The summed E-state index contributed by atoms with van der Waals surface area (Å²) >= 11 is 0. The lowest BCUT2D eigenvalue weighted by Gasteiger charge is -2.11. The molecule has 5 nitrogen and oxygen atoms in total. The van der Waals surface area contributed by atoms with Crippen LogP contribution < -0.4 is 5.32 Å². The lowest BCUT2D eigenvalue weighted by molar-refractivity contribution is 0.559. The smallest absolute Gasteiger partial charge is 0.0753 e. The van der Waals surface area contributed by atoms with Crippen molar-refractivity contribution in [2.75, 3.05) is 0 Å². The lowest BCUT2D eigenvalue weighted by Crippen LogP contribution is -2.18. The predicted molar refractivity (Wildman–Crippen MR) is 55.9 cm³/mol. The van der Waals surface area contributed by atoms with Gasteiger partial charge in [-0.15, -0.1) is 0 Å². The van der Waals surface area contributed by atoms with E-state index in [1.54, 1.807) is 24.8 Å². The minimum absolute atomic E-state index is 0.189. The monoisotopic (exact) mass is 203 g/mol. The minimum atomic E-state index is 0.189. The molecule has 78 valence electrons. The zero-order valence-electron chi connectivity index (χ0n) is 8.51. The van der Waals surface area contributed by atoms with Gasteiger partial charge in [0, 0.05) is 42.9 Å². The van der Waals surface area contributed by atoms with Crippen molar-refractivity contribution in [3.8, 4) is 0 Å². The maximum Gasteiger partial charge on any atom is 0.0753 e. The second-order valence-electron chi connectivity index (χ2n) is 3.34. The Kier molecular flexibility index (Phi) is 3.04. The third-order valence-corrected chi connectivity index (χ3v) is 2.19. The molecule has 0 bridgehead atoms. The first kappa shape index (κ1) is 9.79. The van der Waals surface area contributed by atoms with Crippen molar-refractivity contribution in [1.82, 2.24) is 25.5 Å². The van der Waals surface area contributed by atoms with Crippen LogP contribution in [-0.4, -0.2) is 20.2 Å². The molecule has 0 fully saturated rings. The molecular weight excluding hydrogens is 190 g/mol. The lowest BCUT2D eigenvalue weighted by atomic mass is 10.2. The Balaban J connectivity index is 1.90. The fourth-order valence-electron chi connectivity index (χ4n) is 1.28. The average molecular weight is 203 g/mol. The normalized spacial score (nSPS) is 12.6. The summed E-state index contributed by atoms with van der Waals surface area (Å²) in [5, 5.41) is 9.99. The Bertz CT molecular complexity index is 383. The van der Waals surface area contributed by atoms with Gasteiger partial charge in [0.05, 0.1) is 11.9 Å². The number of rotatable bonds is 4. The number of aromatic nitrogens is 4. The van der Waals surface area contributed by atoms with Crippen LogP contribution in [0, 0.1) is 0 Å². The van der Waals surface area contributed by atoms with Crippen molar-refractivity contribution >= 4 is 0 Å². The van der Waals surface area contributed by atoms with Crippen LogP contribution in [0.25, 0.3) is 0 Å². The summed E-state index contributed by atoms with van der Waals surface area (Å²) in [6.45, 7) is 2.83. The van der Waals surface area contributed by atoms with E-state index >= 15 is 0 Å². The third-order valence-electron chi connectivity index (χ3n) is 2.19. The molecule has 2 aromatic heterocycles. The summed E-state index contributed by atoms with van der Waals surface area (Å²) < 4.78 is 0. The molecule has 2 N–H and O–H groups in total. The van der Waals surface area contributed by atoms with Gasteiger partial charge in [-0.25, -0.2) is 0 Å². The molecule has 0 radical (unpaired) electrons. The molecule has 0 aromatic carbocycles. The molecule has 0 amide bonds. The number of H-pyrrole nitrogens is 1. The highest BCUT2D eigenvalue weighted by Gasteiger charge is 2.05. The van der Waals surface area contributed by atoms with Gasteiger partial charge in [-0.2, -0.15) is 5.10 Å². The minimum Gasteiger partial charge on any atom is -0.305 e. The summed E-state index contributed by atoms with van der Waals surface area (Å²) in [7, 11) is 0. The summed E-state index contributed by atoms with van der Waals surface area (Å²) in [5.41, 5.74) is 2.08. The Morgan fingerprint density at radius 3 is 3.00 bits per heavy atom. The van der Waals surface area contributed by atoms with Crippen molar-refractivity contribution in [2.24, 2.45) is 0 Å². The van der Waals surface area contributed by atoms with Crippen LogP contribution in [0.4, 0.5) is 0 Å². The molecule has 1 atom stereocenters. The number of hydrogen-bond acceptors (Lipinski definition) is 4.